The molecule has 124 valence electrons. The SMILES string of the molecule is CC(NCCN(C)C(=O)OC(C)(C)C)c1cccc(Cl)c1Cl. The Hall–Kier alpha value is -0.970. The normalized spacial score (nSPS) is 12.9. The number of carbonyl (C=O) groups excluding carboxylic acids is 1. The summed E-state index contributed by atoms with van der Waals surface area (Å²) in [6.45, 7) is 8.71. The van der Waals surface area contributed by atoms with Gasteiger partial charge in [0.1, 0.15) is 5.60 Å². The lowest BCUT2D eigenvalue weighted by Gasteiger charge is -2.25. The van der Waals surface area contributed by atoms with E-state index in [1.54, 1.807) is 18.0 Å². The molecule has 6 heteroatoms. The van der Waals surface area contributed by atoms with Crippen LogP contribution in [0.2, 0.25) is 10.0 Å². The molecule has 0 aliphatic carbocycles. The molecule has 0 saturated heterocycles. The quantitative estimate of drug-likeness (QED) is 0.852. The molecule has 22 heavy (non-hydrogen) atoms. The molecule has 0 fully saturated rings. The second kappa shape index (κ2) is 8.04. The molecule has 1 aromatic rings. The number of carbonyl (C=O) groups is 1. The van der Waals surface area contributed by atoms with Gasteiger partial charge in [-0.2, -0.15) is 0 Å². The average Bonchev–Trinajstić information content (AvgIpc) is 2.39. The third-order valence-corrected chi connectivity index (χ3v) is 3.88. The van der Waals surface area contributed by atoms with Gasteiger partial charge >= 0.3 is 6.09 Å². The van der Waals surface area contributed by atoms with Gasteiger partial charge in [0.2, 0.25) is 0 Å². The molecule has 1 atom stereocenters. The van der Waals surface area contributed by atoms with Gasteiger partial charge in [0, 0.05) is 26.2 Å². The van der Waals surface area contributed by atoms with E-state index in [-0.39, 0.29) is 12.1 Å². The first kappa shape index (κ1) is 19.1. The third kappa shape index (κ3) is 6.03. The number of benzene rings is 1. The van der Waals surface area contributed by atoms with E-state index in [1.807, 2.05) is 39.8 Å². The van der Waals surface area contributed by atoms with Gasteiger partial charge in [0.05, 0.1) is 10.0 Å². The highest BCUT2D eigenvalue weighted by molar-refractivity contribution is 6.42. The number of likely N-dealkylation sites (N-methyl/N-ethyl adjacent to an activating group) is 1. The molecule has 0 spiro atoms. The second-order valence-corrected chi connectivity index (χ2v) is 7.01. The molecule has 0 bridgehead atoms. The van der Waals surface area contributed by atoms with Gasteiger partial charge in [-0.3, -0.25) is 0 Å². The van der Waals surface area contributed by atoms with Crippen LogP contribution in [0.25, 0.3) is 0 Å². The van der Waals surface area contributed by atoms with Crippen LogP contribution in [-0.4, -0.2) is 36.7 Å². The molecule has 1 amide bonds. The third-order valence-electron chi connectivity index (χ3n) is 3.05. The van der Waals surface area contributed by atoms with Crippen molar-refractivity contribution in [2.45, 2.75) is 39.3 Å². The minimum Gasteiger partial charge on any atom is -0.444 e. The average molecular weight is 347 g/mol. The fourth-order valence-corrected chi connectivity index (χ4v) is 2.32. The Kier molecular flexibility index (Phi) is 6.98. The summed E-state index contributed by atoms with van der Waals surface area (Å²) in [6.07, 6.45) is -0.331. The predicted molar refractivity (Wildman–Crippen MR) is 91.7 cm³/mol. The summed E-state index contributed by atoms with van der Waals surface area (Å²) >= 11 is 12.2. The minimum atomic E-state index is -0.486. The predicted octanol–water partition coefficient (Wildman–Crippen LogP) is 4.51. The van der Waals surface area contributed by atoms with Gasteiger partial charge in [0.25, 0.3) is 0 Å². The molecular weight excluding hydrogens is 323 g/mol. The molecule has 0 aromatic heterocycles. The smallest absolute Gasteiger partial charge is 0.410 e. The lowest BCUT2D eigenvalue weighted by molar-refractivity contribution is 0.0299. The van der Waals surface area contributed by atoms with Crippen LogP contribution in [0, 0.1) is 0 Å². The van der Waals surface area contributed by atoms with Gasteiger partial charge in [-0.05, 0) is 39.3 Å². The number of hydrogen-bond donors (Lipinski definition) is 1. The van der Waals surface area contributed by atoms with Crippen LogP contribution in [0.5, 0.6) is 0 Å². The topological polar surface area (TPSA) is 41.6 Å². The highest BCUT2D eigenvalue weighted by Crippen LogP contribution is 2.29. The zero-order chi connectivity index (χ0) is 16.9. The first-order valence-electron chi connectivity index (χ1n) is 7.23. The molecule has 0 radical (unpaired) electrons. The van der Waals surface area contributed by atoms with Crippen molar-refractivity contribution >= 4 is 29.3 Å². The maximum atomic E-state index is 11.8. The van der Waals surface area contributed by atoms with Crippen LogP contribution in [-0.2, 0) is 4.74 Å². The number of halogens is 2. The van der Waals surface area contributed by atoms with Crippen LogP contribution >= 0.6 is 23.2 Å². The van der Waals surface area contributed by atoms with Crippen LogP contribution in [0.1, 0.15) is 39.3 Å². The Bertz CT molecular complexity index is 515. The van der Waals surface area contributed by atoms with Crippen molar-refractivity contribution < 1.29 is 9.53 Å². The Morgan fingerprint density at radius 1 is 1.36 bits per heavy atom. The lowest BCUT2D eigenvalue weighted by Crippen LogP contribution is -2.38. The Labute approximate surface area is 142 Å². The van der Waals surface area contributed by atoms with E-state index < -0.39 is 5.60 Å². The largest absolute Gasteiger partial charge is 0.444 e. The fraction of sp³-hybridized carbons (Fsp3) is 0.562. The maximum absolute atomic E-state index is 11.8. The van der Waals surface area contributed by atoms with Gasteiger partial charge in [-0.15, -0.1) is 0 Å². The Morgan fingerprint density at radius 2 is 2.00 bits per heavy atom. The molecule has 0 saturated carbocycles. The van der Waals surface area contributed by atoms with Crippen molar-refractivity contribution in [2.75, 3.05) is 20.1 Å². The molecule has 4 nitrogen and oxygen atoms in total. The highest BCUT2D eigenvalue weighted by Gasteiger charge is 2.19. The lowest BCUT2D eigenvalue weighted by atomic mass is 10.1. The summed E-state index contributed by atoms with van der Waals surface area (Å²) in [6, 6.07) is 5.60. The molecule has 1 aromatic carbocycles. The molecule has 0 aliphatic heterocycles. The number of nitrogens with zero attached hydrogens (tertiary/aromatic N) is 1. The summed E-state index contributed by atoms with van der Waals surface area (Å²) in [5.41, 5.74) is 0.453. The van der Waals surface area contributed by atoms with E-state index in [0.29, 0.717) is 23.1 Å². The monoisotopic (exact) mass is 346 g/mol. The van der Waals surface area contributed by atoms with E-state index in [2.05, 4.69) is 5.32 Å². The number of amides is 1. The van der Waals surface area contributed by atoms with Crippen LogP contribution in [0.3, 0.4) is 0 Å². The van der Waals surface area contributed by atoms with E-state index in [1.165, 1.54) is 0 Å². The van der Waals surface area contributed by atoms with Crippen molar-refractivity contribution in [1.29, 1.82) is 0 Å². The molecule has 0 aliphatic rings. The summed E-state index contributed by atoms with van der Waals surface area (Å²) < 4.78 is 5.30. The number of rotatable bonds is 5. The summed E-state index contributed by atoms with van der Waals surface area (Å²) in [5, 5.41) is 4.42. The maximum Gasteiger partial charge on any atom is 0.410 e. The van der Waals surface area contributed by atoms with Crippen LogP contribution < -0.4 is 5.32 Å². The standard InChI is InChI=1S/C16H24Cl2N2O2/c1-11(12-7-6-8-13(17)14(12)18)19-9-10-20(5)15(21)22-16(2,3)4/h6-8,11,19H,9-10H2,1-5H3. The minimum absolute atomic E-state index is 0.0400. The first-order valence-corrected chi connectivity index (χ1v) is 7.99. The molecular formula is C16H24Cl2N2O2. The molecule has 1 unspecified atom stereocenters. The van der Waals surface area contributed by atoms with Gasteiger partial charge in [-0.25, -0.2) is 4.79 Å². The number of nitrogens with one attached hydrogen (secondary N) is 1. The zero-order valence-electron chi connectivity index (χ0n) is 13.7. The van der Waals surface area contributed by atoms with Crippen molar-refractivity contribution in [1.82, 2.24) is 10.2 Å². The van der Waals surface area contributed by atoms with Crippen molar-refractivity contribution in [3.05, 3.63) is 33.8 Å². The molecule has 0 heterocycles. The molecule has 1 N–H and O–H groups in total. The van der Waals surface area contributed by atoms with E-state index in [4.69, 9.17) is 27.9 Å². The molecule has 1 rings (SSSR count). The Balaban J connectivity index is 2.47. The van der Waals surface area contributed by atoms with Crippen LogP contribution in [0.4, 0.5) is 4.79 Å². The van der Waals surface area contributed by atoms with E-state index in [9.17, 15) is 4.79 Å². The van der Waals surface area contributed by atoms with Crippen molar-refractivity contribution in [2.24, 2.45) is 0 Å². The highest BCUT2D eigenvalue weighted by atomic mass is 35.5. The van der Waals surface area contributed by atoms with E-state index in [0.717, 1.165) is 5.56 Å². The van der Waals surface area contributed by atoms with Crippen molar-refractivity contribution in [3.8, 4) is 0 Å². The van der Waals surface area contributed by atoms with Gasteiger partial charge < -0.3 is 15.0 Å². The number of hydrogen-bond acceptors (Lipinski definition) is 3. The number of ether oxygens (including phenoxy) is 1. The zero-order valence-corrected chi connectivity index (χ0v) is 15.3. The van der Waals surface area contributed by atoms with Gasteiger partial charge in [-0.1, -0.05) is 35.3 Å². The summed E-state index contributed by atoms with van der Waals surface area (Å²) in [5.74, 6) is 0. The van der Waals surface area contributed by atoms with Crippen LogP contribution in [0.15, 0.2) is 18.2 Å². The van der Waals surface area contributed by atoms with E-state index >= 15 is 0 Å². The fourth-order valence-electron chi connectivity index (χ4n) is 1.84. The Morgan fingerprint density at radius 3 is 2.59 bits per heavy atom. The summed E-state index contributed by atoms with van der Waals surface area (Å²) in [4.78, 5) is 13.4. The summed E-state index contributed by atoms with van der Waals surface area (Å²) in [7, 11) is 1.72. The first-order chi connectivity index (χ1) is 10.1. The second-order valence-electron chi connectivity index (χ2n) is 6.22. The van der Waals surface area contributed by atoms with Crippen molar-refractivity contribution in [3.63, 3.8) is 0 Å². The van der Waals surface area contributed by atoms with Gasteiger partial charge in [0.15, 0.2) is 0 Å².